The van der Waals surface area contributed by atoms with Crippen LogP contribution < -0.4 is 14.2 Å². The number of ether oxygens (including phenoxy) is 5. The van der Waals surface area contributed by atoms with Gasteiger partial charge in [-0.25, -0.2) is 0 Å². The molecule has 2 fully saturated rings. The van der Waals surface area contributed by atoms with E-state index in [1.807, 2.05) is 18.2 Å². The average molecular weight is 386 g/mol. The SMILES string of the molecule is COC1=C[C@]23C[C@@H](C[C@@H](c4cc(OC)c(OC)c(OC)c4)[C@H]2C)OC3=CC1=O. The lowest BCUT2D eigenvalue weighted by Crippen LogP contribution is -2.37. The molecule has 4 atom stereocenters. The molecule has 0 amide bonds. The number of hydrogen-bond donors (Lipinski definition) is 0. The molecule has 2 bridgehead atoms. The minimum absolute atomic E-state index is 0.0618. The molecule has 0 N–H and O–H groups in total. The Hall–Kier alpha value is -2.63. The first-order valence-corrected chi connectivity index (χ1v) is 9.47. The van der Waals surface area contributed by atoms with Gasteiger partial charge in [-0.2, -0.15) is 0 Å². The fourth-order valence-electron chi connectivity index (χ4n) is 5.02. The van der Waals surface area contributed by atoms with Crippen molar-refractivity contribution in [3.63, 3.8) is 0 Å². The van der Waals surface area contributed by atoms with Crippen LogP contribution in [0.1, 0.15) is 31.2 Å². The molecule has 150 valence electrons. The standard InChI is InChI=1S/C22H26O6/c1-12-15(13-6-17(24-2)21(27-5)18(7-13)25-3)8-14-10-22(12)11-19(26-4)16(23)9-20(22)28-14/h6-7,9,11-12,14-15H,8,10H2,1-5H3/t12-,14-,15-,22-/m1/s1. The van der Waals surface area contributed by atoms with Crippen molar-refractivity contribution in [3.05, 3.63) is 41.4 Å². The first-order chi connectivity index (χ1) is 13.5. The molecule has 0 unspecified atom stereocenters. The Morgan fingerprint density at radius 2 is 1.71 bits per heavy atom. The van der Waals surface area contributed by atoms with Gasteiger partial charge in [-0.15, -0.1) is 0 Å². The number of methoxy groups -OCH3 is 4. The van der Waals surface area contributed by atoms with E-state index in [-0.39, 0.29) is 29.1 Å². The lowest BCUT2D eigenvalue weighted by molar-refractivity contribution is -0.114. The van der Waals surface area contributed by atoms with Crippen LogP contribution in [0.5, 0.6) is 17.2 Å². The first kappa shape index (κ1) is 18.7. The van der Waals surface area contributed by atoms with Crippen LogP contribution in [-0.4, -0.2) is 40.3 Å². The molecule has 3 aliphatic rings. The summed E-state index contributed by atoms with van der Waals surface area (Å²) >= 11 is 0. The van der Waals surface area contributed by atoms with Gasteiger partial charge in [-0.3, -0.25) is 4.79 Å². The topological polar surface area (TPSA) is 63.2 Å². The molecule has 1 aromatic rings. The number of carbonyl (C=O) groups excluding carboxylic acids is 1. The molecule has 1 saturated carbocycles. The zero-order chi connectivity index (χ0) is 20.1. The molecule has 2 aliphatic carbocycles. The van der Waals surface area contributed by atoms with Crippen molar-refractivity contribution in [2.75, 3.05) is 28.4 Å². The minimum atomic E-state index is -0.326. The summed E-state index contributed by atoms with van der Waals surface area (Å²) in [5.74, 6) is 3.31. The molecule has 1 saturated heterocycles. The minimum Gasteiger partial charge on any atom is -0.494 e. The molecule has 6 heteroatoms. The van der Waals surface area contributed by atoms with Crippen molar-refractivity contribution in [2.24, 2.45) is 11.3 Å². The van der Waals surface area contributed by atoms with Crippen LogP contribution in [0.15, 0.2) is 35.8 Å². The van der Waals surface area contributed by atoms with Crippen molar-refractivity contribution in [2.45, 2.75) is 31.8 Å². The molecule has 28 heavy (non-hydrogen) atoms. The number of allylic oxidation sites excluding steroid dienone is 2. The Morgan fingerprint density at radius 1 is 1.04 bits per heavy atom. The van der Waals surface area contributed by atoms with Gasteiger partial charge < -0.3 is 23.7 Å². The zero-order valence-corrected chi connectivity index (χ0v) is 16.9. The van der Waals surface area contributed by atoms with Crippen LogP contribution in [0.25, 0.3) is 0 Å². The van der Waals surface area contributed by atoms with Crippen LogP contribution in [0.2, 0.25) is 0 Å². The molecule has 6 nitrogen and oxygen atoms in total. The van der Waals surface area contributed by atoms with E-state index in [4.69, 9.17) is 23.7 Å². The Kier molecular flexibility index (Phi) is 4.52. The monoisotopic (exact) mass is 386 g/mol. The summed E-state index contributed by atoms with van der Waals surface area (Å²) in [6.45, 7) is 2.21. The van der Waals surface area contributed by atoms with Gasteiger partial charge in [0.1, 0.15) is 11.9 Å². The van der Waals surface area contributed by atoms with Crippen LogP contribution in [0, 0.1) is 11.3 Å². The summed E-state index contributed by atoms with van der Waals surface area (Å²) in [6, 6.07) is 4.03. The van der Waals surface area contributed by atoms with E-state index in [2.05, 4.69) is 6.92 Å². The maximum Gasteiger partial charge on any atom is 0.223 e. The summed E-state index contributed by atoms with van der Waals surface area (Å²) in [5.41, 5.74) is 0.785. The van der Waals surface area contributed by atoms with Crippen molar-refractivity contribution < 1.29 is 28.5 Å². The Bertz CT molecular complexity index is 845. The van der Waals surface area contributed by atoms with Crippen molar-refractivity contribution in [1.82, 2.24) is 0 Å². The molecule has 1 heterocycles. The highest BCUT2D eigenvalue weighted by Gasteiger charge is 2.57. The third kappa shape index (κ3) is 2.58. The quantitative estimate of drug-likeness (QED) is 0.770. The maximum absolute atomic E-state index is 12.3. The highest BCUT2D eigenvalue weighted by atomic mass is 16.5. The fraction of sp³-hybridized carbons (Fsp3) is 0.500. The van der Waals surface area contributed by atoms with Crippen LogP contribution in [-0.2, 0) is 14.3 Å². The van der Waals surface area contributed by atoms with Gasteiger partial charge >= 0.3 is 0 Å². The van der Waals surface area contributed by atoms with E-state index in [1.165, 1.54) is 7.11 Å². The third-order valence-electron chi connectivity index (χ3n) is 6.48. The highest BCUT2D eigenvalue weighted by Crippen LogP contribution is 2.61. The molecule has 1 spiro atoms. The summed E-state index contributed by atoms with van der Waals surface area (Å²) < 4.78 is 28.1. The fourth-order valence-corrected chi connectivity index (χ4v) is 5.02. The zero-order valence-electron chi connectivity index (χ0n) is 16.9. The summed E-state index contributed by atoms with van der Waals surface area (Å²) in [5, 5.41) is 0. The smallest absolute Gasteiger partial charge is 0.223 e. The third-order valence-corrected chi connectivity index (χ3v) is 6.48. The van der Waals surface area contributed by atoms with Gasteiger partial charge in [0, 0.05) is 12.5 Å². The van der Waals surface area contributed by atoms with Crippen molar-refractivity contribution in [3.8, 4) is 17.2 Å². The van der Waals surface area contributed by atoms with Gasteiger partial charge in [0.25, 0.3) is 0 Å². The molecule has 4 rings (SSSR count). The number of rotatable bonds is 5. The van der Waals surface area contributed by atoms with Gasteiger partial charge in [0.05, 0.1) is 33.9 Å². The van der Waals surface area contributed by atoms with Crippen molar-refractivity contribution in [1.29, 1.82) is 0 Å². The summed E-state index contributed by atoms with van der Waals surface area (Å²) in [6.07, 6.45) is 5.36. The van der Waals surface area contributed by atoms with E-state index >= 15 is 0 Å². The first-order valence-electron chi connectivity index (χ1n) is 9.47. The number of fused-ring (bicyclic) bond motifs is 1. The molecular weight excluding hydrogens is 360 g/mol. The second-order valence-electron chi connectivity index (χ2n) is 7.66. The molecule has 1 aromatic carbocycles. The number of ketones is 1. The van der Waals surface area contributed by atoms with E-state index in [1.54, 1.807) is 27.4 Å². The van der Waals surface area contributed by atoms with Crippen LogP contribution in [0.4, 0.5) is 0 Å². The van der Waals surface area contributed by atoms with Gasteiger partial charge in [0.15, 0.2) is 17.3 Å². The van der Waals surface area contributed by atoms with Gasteiger partial charge in [0.2, 0.25) is 11.5 Å². The largest absolute Gasteiger partial charge is 0.494 e. The Balaban J connectivity index is 1.79. The molecular formula is C22H26O6. The predicted octanol–water partition coefficient (Wildman–Crippen LogP) is 3.61. The average Bonchev–Trinajstić information content (AvgIpc) is 3.02. The Morgan fingerprint density at radius 3 is 2.29 bits per heavy atom. The number of carbonyl (C=O) groups is 1. The van der Waals surface area contributed by atoms with E-state index < -0.39 is 0 Å². The van der Waals surface area contributed by atoms with E-state index in [0.29, 0.717) is 23.0 Å². The van der Waals surface area contributed by atoms with Gasteiger partial charge in [-0.1, -0.05) is 6.92 Å². The second kappa shape index (κ2) is 6.76. The lowest BCUT2D eigenvalue weighted by Gasteiger charge is -2.41. The Labute approximate surface area is 165 Å². The van der Waals surface area contributed by atoms with Gasteiger partial charge in [-0.05, 0) is 42.0 Å². The molecule has 0 radical (unpaired) electrons. The van der Waals surface area contributed by atoms with Crippen LogP contribution >= 0.6 is 0 Å². The summed E-state index contributed by atoms with van der Waals surface area (Å²) in [4.78, 5) is 12.3. The maximum atomic E-state index is 12.3. The molecule has 1 aliphatic heterocycles. The summed E-state index contributed by atoms with van der Waals surface area (Å²) in [7, 11) is 6.39. The van der Waals surface area contributed by atoms with E-state index in [9.17, 15) is 4.79 Å². The molecule has 0 aromatic heterocycles. The predicted molar refractivity (Wildman–Crippen MR) is 103 cm³/mol. The van der Waals surface area contributed by atoms with Crippen LogP contribution in [0.3, 0.4) is 0 Å². The number of benzene rings is 1. The lowest BCUT2D eigenvalue weighted by atomic mass is 9.59. The second-order valence-corrected chi connectivity index (χ2v) is 7.66. The highest BCUT2D eigenvalue weighted by molar-refractivity contribution is 6.04. The van der Waals surface area contributed by atoms with Crippen molar-refractivity contribution >= 4 is 5.78 Å². The normalized spacial score (nSPS) is 30.6. The number of hydrogen-bond acceptors (Lipinski definition) is 6. The van der Waals surface area contributed by atoms with E-state index in [0.717, 1.165) is 24.2 Å².